The van der Waals surface area contributed by atoms with Crippen molar-refractivity contribution in [2.45, 2.75) is 24.4 Å². The van der Waals surface area contributed by atoms with Gasteiger partial charge in [-0.25, -0.2) is 0 Å². The summed E-state index contributed by atoms with van der Waals surface area (Å²) in [6.07, 6.45) is 1.09. The Morgan fingerprint density at radius 3 is 2.44 bits per heavy atom. The molecule has 0 aromatic heterocycles. The lowest BCUT2D eigenvalue weighted by atomic mass is 9.74. The molecule has 1 aromatic carbocycles. The van der Waals surface area contributed by atoms with E-state index in [2.05, 4.69) is 17.9 Å². The highest BCUT2D eigenvalue weighted by Crippen LogP contribution is 2.34. The minimum atomic E-state index is -0.545. The van der Waals surface area contributed by atoms with Crippen molar-refractivity contribution in [1.29, 1.82) is 5.26 Å². The first kappa shape index (κ1) is 13.1. The fraction of sp³-hybridized carbons (Fsp3) is 0.467. The quantitative estimate of drug-likeness (QED) is 0.879. The molecule has 1 aromatic rings. The fourth-order valence-electron chi connectivity index (χ4n) is 2.64. The molecule has 0 bridgehead atoms. The zero-order valence-corrected chi connectivity index (χ0v) is 10.5. The van der Waals surface area contributed by atoms with Gasteiger partial charge in [0, 0.05) is 19.6 Å². The summed E-state index contributed by atoms with van der Waals surface area (Å²) in [5, 5.41) is 18.8. The molecule has 0 spiro atoms. The Balaban J connectivity index is 2.08. The van der Waals surface area contributed by atoms with Crippen LogP contribution in [0, 0.1) is 18.3 Å². The Hall–Kier alpha value is -1.37. The molecule has 1 aliphatic rings. The summed E-state index contributed by atoms with van der Waals surface area (Å²) in [6.45, 7) is 5.87. The summed E-state index contributed by atoms with van der Waals surface area (Å²) in [7, 11) is 0. The highest BCUT2D eigenvalue weighted by molar-refractivity contribution is 5.33. The maximum atomic E-state index is 9.53. The maximum Gasteiger partial charge on any atom is 0.0846 e. The average Bonchev–Trinajstić information content (AvgIpc) is 2.40. The molecule has 1 unspecified atom stereocenters. The van der Waals surface area contributed by atoms with E-state index in [1.54, 1.807) is 0 Å². The van der Waals surface area contributed by atoms with Gasteiger partial charge in [0.15, 0.2) is 0 Å². The van der Waals surface area contributed by atoms with Gasteiger partial charge in [0.25, 0.3) is 0 Å². The van der Waals surface area contributed by atoms with Crippen LogP contribution in [0.4, 0.5) is 0 Å². The second-order valence-electron chi connectivity index (χ2n) is 5.01. The standard InChI is InChI=1S/C15H19N2O/c1-13(18)11-17-9-7-15(12-16,8-10-17)14-5-3-2-4-6-14/h2-6,13,18H,1,7-11H2. The van der Waals surface area contributed by atoms with Crippen LogP contribution >= 0.6 is 0 Å². The first-order valence-corrected chi connectivity index (χ1v) is 6.36. The van der Waals surface area contributed by atoms with Crippen LogP contribution in [0.2, 0.25) is 0 Å². The van der Waals surface area contributed by atoms with Crippen molar-refractivity contribution in [2.75, 3.05) is 19.6 Å². The van der Waals surface area contributed by atoms with Gasteiger partial charge in [-0.3, -0.25) is 0 Å². The van der Waals surface area contributed by atoms with Crippen LogP contribution in [0.3, 0.4) is 0 Å². The van der Waals surface area contributed by atoms with Crippen LogP contribution in [0.15, 0.2) is 30.3 Å². The van der Waals surface area contributed by atoms with Gasteiger partial charge >= 0.3 is 0 Å². The summed E-state index contributed by atoms with van der Waals surface area (Å²) >= 11 is 0. The summed E-state index contributed by atoms with van der Waals surface area (Å²) in [5.41, 5.74) is 0.756. The molecule has 1 radical (unpaired) electrons. The second kappa shape index (κ2) is 5.51. The lowest BCUT2D eigenvalue weighted by Crippen LogP contribution is -2.44. The normalized spacial score (nSPS) is 21.2. The molecule has 1 heterocycles. The van der Waals surface area contributed by atoms with E-state index in [-0.39, 0.29) is 5.41 Å². The molecule has 1 saturated heterocycles. The number of piperidine rings is 1. The Bertz CT molecular complexity index is 414. The van der Waals surface area contributed by atoms with E-state index in [0.717, 1.165) is 31.5 Å². The molecule has 0 aliphatic carbocycles. The topological polar surface area (TPSA) is 47.3 Å². The fourth-order valence-corrected chi connectivity index (χ4v) is 2.64. The molecule has 1 atom stereocenters. The number of hydrogen-bond acceptors (Lipinski definition) is 3. The van der Waals surface area contributed by atoms with E-state index in [9.17, 15) is 10.4 Å². The van der Waals surface area contributed by atoms with Crippen molar-refractivity contribution < 1.29 is 5.11 Å². The molecule has 3 heteroatoms. The Morgan fingerprint density at radius 1 is 1.33 bits per heavy atom. The molecule has 1 N–H and O–H groups in total. The molecule has 95 valence electrons. The highest BCUT2D eigenvalue weighted by atomic mass is 16.3. The zero-order valence-electron chi connectivity index (χ0n) is 10.5. The van der Waals surface area contributed by atoms with Gasteiger partial charge in [-0.2, -0.15) is 5.26 Å². The molecule has 18 heavy (non-hydrogen) atoms. The lowest BCUT2D eigenvalue weighted by Gasteiger charge is -2.38. The summed E-state index contributed by atoms with van der Waals surface area (Å²) < 4.78 is 0. The van der Waals surface area contributed by atoms with Crippen molar-refractivity contribution in [1.82, 2.24) is 4.90 Å². The SMILES string of the molecule is [CH2]C(O)CN1CCC(C#N)(c2ccccc2)CC1. The Morgan fingerprint density at radius 2 is 1.94 bits per heavy atom. The van der Waals surface area contributed by atoms with Gasteiger partial charge in [0.1, 0.15) is 0 Å². The number of likely N-dealkylation sites (tertiary alicyclic amines) is 1. The Kier molecular flexibility index (Phi) is 4.00. The van der Waals surface area contributed by atoms with E-state index in [0.29, 0.717) is 6.54 Å². The van der Waals surface area contributed by atoms with E-state index in [1.165, 1.54) is 0 Å². The number of hydrogen-bond donors (Lipinski definition) is 1. The zero-order chi connectivity index (χ0) is 13.0. The van der Waals surface area contributed by atoms with Crippen molar-refractivity contribution in [3.05, 3.63) is 42.8 Å². The van der Waals surface area contributed by atoms with E-state index < -0.39 is 6.10 Å². The van der Waals surface area contributed by atoms with Crippen LogP contribution in [-0.2, 0) is 5.41 Å². The van der Waals surface area contributed by atoms with Gasteiger partial charge < -0.3 is 10.0 Å². The molecule has 3 nitrogen and oxygen atoms in total. The molecule has 0 amide bonds. The van der Waals surface area contributed by atoms with Gasteiger partial charge in [0.05, 0.1) is 17.6 Å². The van der Waals surface area contributed by atoms with Gasteiger partial charge in [0.2, 0.25) is 0 Å². The van der Waals surface area contributed by atoms with Crippen molar-refractivity contribution in [3.8, 4) is 6.07 Å². The van der Waals surface area contributed by atoms with E-state index in [1.807, 2.05) is 30.3 Å². The third-order valence-electron chi connectivity index (χ3n) is 3.72. The van der Waals surface area contributed by atoms with Gasteiger partial charge in [-0.15, -0.1) is 0 Å². The maximum absolute atomic E-state index is 9.53. The van der Waals surface area contributed by atoms with Crippen LogP contribution in [0.25, 0.3) is 0 Å². The first-order chi connectivity index (χ1) is 8.66. The number of aliphatic hydroxyl groups excluding tert-OH is 1. The molecular weight excluding hydrogens is 224 g/mol. The van der Waals surface area contributed by atoms with Gasteiger partial charge in [-0.1, -0.05) is 30.3 Å². The predicted octanol–water partition coefficient (Wildman–Crippen LogP) is 1.74. The smallest absolute Gasteiger partial charge is 0.0846 e. The monoisotopic (exact) mass is 243 g/mol. The average molecular weight is 243 g/mol. The summed E-state index contributed by atoms with van der Waals surface area (Å²) in [6, 6.07) is 12.5. The van der Waals surface area contributed by atoms with Crippen molar-refractivity contribution in [3.63, 3.8) is 0 Å². The summed E-state index contributed by atoms with van der Waals surface area (Å²) in [4.78, 5) is 2.18. The number of aliphatic hydroxyl groups is 1. The minimum absolute atomic E-state index is 0.357. The van der Waals surface area contributed by atoms with E-state index >= 15 is 0 Å². The van der Waals surface area contributed by atoms with Crippen LogP contribution in [-0.4, -0.2) is 35.7 Å². The van der Waals surface area contributed by atoms with Crippen molar-refractivity contribution in [2.24, 2.45) is 0 Å². The molecule has 1 aliphatic heterocycles. The van der Waals surface area contributed by atoms with Gasteiger partial charge in [-0.05, 0) is 25.3 Å². The number of nitriles is 1. The predicted molar refractivity (Wildman–Crippen MR) is 70.8 cm³/mol. The molecule has 1 fully saturated rings. The van der Waals surface area contributed by atoms with Crippen molar-refractivity contribution >= 4 is 0 Å². The molecule has 0 saturated carbocycles. The second-order valence-corrected chi connectivity index (χ2v) is 5.01. The molecule has 2 rings (SSSR count). The number of rotatable bonds is 3. The molecular formula is C15H19N2O. The number of nitrogens with zero attached hydrogens (tertiary/aromatic N) is 2. The van der Waals surface area contributed by atoms with Crippen LogP contribution < -0.4 is 0 Å². The lowest BCUT2D eigenvalue weighted by molar-refractivity contribution is 0.114. The highest BCUT2D eigenvalue weighted by Gasteiger charge is 2.36. The largest absolute Gasteiger partial charge is 0.392 e. The van der Waals surface area contributed by atoms with Crippen LogP contribution in [0.5, 0.6) is 0 Å². The van der Waals surface area contributed by atoms with E-state index in [4.69, 9.17) is 0 Å². The summed E-state index contributed by atoms with van der Waals surface area (Å²) in [5.74, 6) is 0. The Labute approximate surface area is 109 Å². The third kappa shape index (κ3) is 2.72. The number of benzene rings is 1. The first-order valence-electron chi connectivity index (χ1n) is 6.36. The minimum Gasteiger partial charge on any atom is -0.392 e. The van der Waals surface area contributed by atoms with Crippen LogP contribution in [0.1, 0.15) is 18.4 Å². The third-order valence-corrected chi connectivity index (χ3v) is 3.72. The number of β-amino-alcohol motifs (C(OH)–C–C–N with tert-alkyl or cyclic N) is 1.